The van der Waals surface area contributed by atoms with Gasteiger partial charge in [-0.2, -0.15) is 0 Å². The van der Waals surface area contributed by atoms with E-state index in [9.17, 15) is 9.59 Å². The number of ether oxygens (including phenoxy) is 2. The quantitative estimate of drug-likeness (QED) is 0.542. The van der Waals surface area contributed by atoms with E-state index in [0.717, 1.165) is 5.39 Å². The molecule has 0 atom stereocenters. The van der Waals surface area contributed by atoms with Crippen LogP contribution < -0.4 is 10.4 Å². The van der Waals surface area contributed by atoms with Crippen molar-refractivity contribution in [1.82, 2.24) is 0 Å². The molecule has 3 aromatic rings. The molecule has 3 rings (SSSR count). The summed E-state index contributed by atoms with van der Waals surface area (Å²) in [7, 11) is 1.32. The number of hydrogen-bond acceptors (Lipinski definition) is 6. The van der Waals surface area contributed by atoms with E-state index in [1.807, 2.05) is 0 Å². The second-order valence-electron chi connectivity index (χ2n) is 4.38. The topological polar surface area (TPSA) is 78.9 Å². The van der Waals surface area contributed by atoms with E-state index < -0.39 is 5.63 Å². The van der Waals surface area contributed by atoms with E-state index in [1.54, 1.807) is 18.2 Å². The second kappa shape index (κ2) is 5.32. The van der Waals surface area contributed by atoms with Crippen molar-refractivity contribution >= 4 is 27.9 Å². The number of fused-ring (bicyclic) bond motifs is 2. The fraction of sp³-hybridized carbons (Fsp3) is 0.200. The minimum Gasteiger partial charge on any atom is -0.491 e. The van der Waals surface area contributed by atoms with Crippen molar-refractivity contribution in [2.24, 2.45) is 0 Å². The summed E-state index contributed by atoms with van der Waals surface area (Å²) in [6.07, 6.45) is 1.65. The lowest BCUT2D eigenvalue weighted by molar-refractivity contribution is -0.141. The molecule has 0 unspecified atom stereocenters. The zero-order chi connectivity index (χ0) is 14.8. The Morgan fingerprint density at radius 1 is 1.19 bits per heavy atom. The summed E-state index contributed by atoms with van der Waals surface area (Å²) >= 11 is 0. The number of furan rings is 1. The molecule has 21 heavy (non-hydrogen) atoms. The highest BCUT2D eigenvalue weighted by atomic mass is 16.5. The van der Waals surface area contributed by atoms with Crippen molar-refractivity contribution in [3.8, 4) is 5.75 Å². The van der Waals surface area contributed by atoms with Gasteiger partial charge in [-0.05, 0) is 12.1 Å². The molecule has 6 nitrogen and oxygen atoms in total. The summed E-state index contributed by atoms with van der Waals surface area (Å²) < 4.78 is 20.7. The normalized spacial score (nSPS) is 10.9. The van der Waals surface area contributed by atoms with Crippen LogP contribution in [0.3, 0.4) is 0 Å². The largest absolute Gasteiger partial charge is 0.491 e. The van der Waals surface area contributed by atoms with Gasteiger partial charge in [0.15, 0.2) is 0 Å². The molecule has 0 fully saturated rings. The number of rotatable bonds is 4. The average Bonchev–Trinajstić information content (AvgIpc) is 2.93. The van der Waals surface area contributed by atoms with Crippen molar-refractivity contribution in [2.75, 3.05) is 13.7 Å². The Bertz CT molecular complexity index is 857. The Morgan fingerprint density at radius 3 is 2.81 bits per heavy atom. The van der Waals surface area contributed by atoms with Gasteiger partial charge in [0.05, 0.1) is 37.2 Å². The van der Waals surface area contributed by atoms with Crippen LogP contribution in [0.4, 0.5) is 0 Å². The van der Waals surface area contributed by atoms with E-state index >= 15 is 0 Å². The minimum atomic E-state index is -0.450. The van der Waals surface area contributed by atoms with Crippen LogP contribution >= 0.6 is 0 Å². The van der Waals surface area contributed by atoms with Gasteiger partial charge in [-0.3, -0.25) is 4.79 Å². The summed E-state index contributed by atoms with van der Waals surface area (Å²) in [6, 6.07) is 6.34. The number of carbonyl (C=O) groups is 1. The first-order chi connectivity index (χ1) is 10.2. The van der Waals surface area contributed by atoms with Gasteiger partial charge in [0.1, 0.15) is 16.9 Å². The Hall–Kier alpha value is -2.76. The molecular weight excluding hydrogens is 276 g/mol. The first-order valence-electron chi connectivity index (χ1n) is 6.33. The van der Waals surface area contributed by atoms with Gasteiger partial charge in [0, 0.05) is 12.1 Å². The number of benzene rings is 1. The fourth-order valence-electron chi connectivity index (χ4n) is 2.10. The second-order valence-corrected chi connectivity index (χ2v) is 4.38. The van der Waals surface area contributed by atoms with E-state index in [1.165, 1.54) is 19.4 Å². The monoisotopic (exact) mass is 288 g/mol. The summed E-state index contributed by atoms with van der Waals surface area (Å²) in [5.41, 5.74) is 0.469. The van der Waals surface area contributed by atoms with Gasteiger partial charge in [-0.15, -0.1) is 0 Å². The van der Waals surface area contributed by atoms with Crippen LogP contribution in [-0.2, 0) is 9.53 Å². The average molecular weight is 288 g/mol. The summed E-state index contributed by atoms with van der Waals surface area (Å²) in [5.74, 6) is 0.161. The molecule has 0 bridgehead atoms. The van der Waals surface area contributed by atoms with E-state index in [-0.39, 0.29) is 19.0 Å². The highest BCUT2D eigenvalue weighted by Crippen LogP contribution is 2.35. The van der Waals surface area contributed by atoms with Gasteiger partial charge < -0.3 is 18.3 Å². The first kappa shape index (κ1) is 13.2. The molecule has 0 aliphatic heterocycles. The van der Waals surface area contributed by atoms with Crippen LogP contribution in [0.5, 0.6) is 5.75 Å². The molecule has 0 aliphatic carbocycles. The Labute approximate surface area is 118 Å². The first-order valence-corrected chi connectivity index (χ1v) is 6.33. The smallest absolute Gasteiger partial charge is 0.336 e. The molecule has 2 heterocycles. The minimum absolute atomic E-state index is 0.128. The van der Waals surface area contributed by atoms with Crippen molar-refractivity contribution in [1.29, 1.82) is 0 Å². The lowest BCUT2D eigenvalue weighted by Crippen LogP contribution is -2.08. The highest BCUT2D eigenvalue weighted by Gasteiger charge is 2.13. The lowest BCUT2D eigenvalue weighted by atomic mass is 10.1. The Morgan fingerprint density at radius 2 is 2.00 bits per heavy atom. The SMILES string of the molecule is COC(=O)CCOc1c2ccoc2cc2oc(=O)ccc12. The van der Waals surface area contributed by atoms with Crippen LogP contribution in [0, 0.1) is 0 Å². The van der Waals surface area contributed by atoms with E-state index in [0.29, 0.717) is 22.3 Å². The van der Waals surface area contributed by atoms with Crippen LogP contribution in [0.15, 0.2) is 44.2 Å². The summed E-state index contributed by atoms with van der Waals surface area (Å²) in [4.78, 5) is 22.5. The maximum atomic E-state index is 11.3. The molecule has 6 heteroatoms. The van der Waals surface area contributed by atoms with Crippen molar-refractivity contribution in [2.45, 2.75) is 6.42 Å². The molecule has 0 saturated heterocycles. The predicted molar refractivity (Wildman–Crippen MR) is 74.4 cm³/mol. The van der Waals surface area contributed by atoms with Gasteiger partial charge in [-0.1, -0.05) is 0 Å². The molecule has 1 aromatic carbocycles. The van der Waals surface area contributed by atoms with Crippen LogP contribution in [-0.4, -0.2) is 19.7 Å². The molecule has 0 amide bonds. The van der Waals surface area contributed by atoms with Crippen molar-refractivity contribution < 1.29 is 23.1 Å². The number of carbonyl (C=O) groups excluding carboxylic acids is 1. The van der Waals surface area contributed by atoms with Crippen molar-refractivity contribution in [3.63, 3.8) is 0 Å². The third-order valence-electron chi connectivity index (χ3n) is 3.09. The standard InChI is InChI=1S/C15H12O6/c1-18-13(16)5-7-20-15-9-2-3-14(17)21-12(9)8-11-10(15)4-6-19-11/h2-4,6,8H,5,7H2,1H3. The lowest BCUT2D eigenvalue weighted by Gasteiger charge is -2.09. The number of methoxy groups -OCH3 is 1. The summed E-state index contributed by atoms with van der Waals surface area (Å²) in [5, 5.41) is 1.40. The number of esters is 1. The van der Waals surface area contributed by atoms with E-state index in [2.05, 4.69) is 4.74 Å². The van der Waals surface area contributed by atoms with Crippen LogP contribution in [0.2, 0.25) is 0 Å². The third kappa shape index (κ3) is 2.47. The van der Waals surface area contributed by atoms with Crippen molar-refractivity contribution in [3.05, 3.63) is 40.9 Å². The molecular formula is C15H12O6. The van der Waals surface area contributed by atoms with Gasteiger partial charge in [0.2, 0.25) is 0 Å². The Balaban J connectivity index is 2.05. The zero-order valence-electron chi connectivity index (χ0n) is 11.3. The van der Waals surface area contributed by atoms with E-state index in [4.69, 9.17) is 13.6 Å². The van der Waals surface area contributed by atoms with Gasteiger partial charge in [-0.25, -0.2) is 4.79 Å². The maximum Gasteiger partial charge on any atom is 0.336 e. The molecule has 0 N–H and O–H groups in total. The molecule has 0 aliphatic rings. The van der Waals surface area contributed by atoms with Gasteiger partial charge in [0.25, 0.3) is 0 Å². The van der Waals surface area contributed by atoms with Crippen LogP contribution in [0.1, 0.15) is 6.42 Å². The molecule has 0 saturated carbocycles. The van der Waals surface area contributed by atoms with Gasteiger partial charge >= 0.3 is 11.6 Å². The molecule has 0 radical (unpaired) electrons. The summed E-state index contributed by atoms with van der Waals surface area (Å²) in [6.45, 7) is 0.158. The predicted octanol–water partition coefficient (Wildman–Crippen LogP) is 2.48. The molecule has 0 spiro atoms. The molecule has 108 valence electrons. The molecule has 2 aromatic heterocycles. The van der Waals surface area contributed by atoms with Crippen LogP contribution in [0.25, 0.3) is 21.9 Å². The zero-order valence-corrected chi connectivity index (χ0v) is 11.3. The highest BCUT2D eigenvalue weighted by molar-refractivity contribution is 6.01. The maximum absolute atomic E-state index is 11.3. The fourth-order valence-corrected chi connectivity index (χ4v) is 2.10. The third-order valence-corrected chi connectivity index (χ3v) is 3.09. The Kier molecular flexibility index (Phi) is 3.35. The number of hydrogen-bond donors (Lipinski definition) is 0.